The lowest BCUT2D eigenvalue weighted by molar-refractivity contribution is 0.0338. The second kappa shape index (κ2) is 20.4. The molecule has 0 aliphatic carbocycles. The van der Waals surface area contributed by atoms with Crippen molar-refractivity contribution in [2.45, 2.75) is 60.2 Å². The Hall–Kier alpha value is -7.10. The van der Waals surface area contributed by atoms with E-state index < -0.39 is 23.6 Å². The van der Waals surface area contributed by atoms with Crippen LogP contribution in [0, 0.1) is 13.8 Å². The third-order valence-electron chi connectivity index (χ3n) is 10.1. The number of imidazole rings is 2. The summed E-state index contributed by atoms with van der Waals surface area (Å²) in [5.74, 6) is -0.713. The maximum atomic E-state index is 13.8. The zero-order chi connectivity index (χ0) is 45.3. The number of benzene rings is 2. The van der Waals surface area contributed by atoms with Gasteiger partial charge in [-0.25, -0.2) is 15.0 Å². The van der Waals surface area contributed by atoms with Gasteiger partial charge in [0.1, 0.15) is 28.2 Å². The monoisotopic (exact) mass is 881 g/mol. The van der Waals surface area contributed by atoms with Gasteiger partial charge in [0.15, 0.2) is 5.89 Å². The molecular weight excluding hydrogens is 831 g/mol. The van der Waals surface area contributed by atoms with Crippen LogP contribution in [0.4, 0.5) is 11.9 Å². The number of anilines is 2. The molecule has 0 atom stereocenters. The average molecular weight is 882 g/mol. The molecule has 0 unspecified atom stereocenters. The van der Waals surface area contributed by atoms with Crippen LogP contribution >= 0.6 is 0 Å². The number of aliphatic hydroxyl groups excluding tert-OH is 1. The normalized spacial score (nSPS) is 13.5. The van der Waals surface area contributed by atoms with Crippen molar-refractivity contribution in [2.24, 2.45) is 5.73 Å². The smallest absolute Gasteiger partial charge is 0.295 e. The summed E-state index contributed by atoms with van der Waals surface area (Å²) in [4.78, 5) is 67.4. The Labute approximate surface area is 366 Å². The molecule has 21 heteroatoms. The summed E-state index contributed by atoms with van der Waals surface area (Å²) in [6, 6.07) is 8.00. The molecule has 0 spiro atoms. The highest BCUT2D eigenvalue weighted by Crippen LogP contribution is 2.34. The van der Waals surface area contributed by atoms with E-state index in [0.29, 0.717) is 89.1 Å². The molecule has 2 aromatic carbocycles. The summed E-state index contributed by atoms with van der Waals surface area (Å²) in [5.41, 5.74) is 9.40. The van der Waals surface area contributed by atoms with Crippen LogP contribution in [-0.2, 0) is 35.5 Å². The van der Waals surface area contributed by atoms with Gasteiger partial charge in [0.25, 0.3) is 17.7 Å². The number of nitrogens with zero attached hydrogens (tertiary/aromatic N) is 7. The van der Waals surface area contributed by atoms with E-state index >= 15 is 0 Å². The number of amides is 4. The number of nitrogens with one attached hydrogen (secondary N) is 3. The molecule has 4 amide bonds. The summed E-state index contributed by atoms with van der Waals surface area (Å²) in [6.07, 6.45) is 4.49. The van der Waals surface area contributed by atoms with Gasteiger partial charge in [-0.2, -0.15) is 5.10 Å². The van der Waals surface area contributed by atoms with Crippen molar-refractivity contribution in [3.05, 3.63) is 82.3 Å². The Morgan fingerprint density at radius 3 is 2.00 bits per heavy atom. The number of hydrogen-bond acceptors (Lipinski definition) is 14. The molecule has 1 aliphatic heterocycles. The number of primary amides is 1. The fourth-order valence-electron chi connectivity index (χ4n) is 7.19. The van der Waals surface area contributed by atoms with E-state index in [4.69, 9.17) is 44.2 Å². The molecule has 0 bridgehead atoms. The fraction of sp³-hybridized carbons (Fsp3) is 0.395. The van der Waals surface area contributed by atoms with Crippen molar-refractivity contribution < 1.29 is 47.6 Å². The first-order chi connectivity index (χ1) is 31.0. The lowest BCUT2D eigenvalue weighted by Gasteiger charge is -2.14. The maximum Gasteiger partial charge on any atom is 0.295 e. The first-order valence-electron chi connectivity index (χ1n) is 21.0. The average Bonchev–Trinajstić information content (AvgIpc) is 4.04. The maximum absolute atomic E-state index is 13.8. The molecule has 0 saturated carbocycles. The number of rotatable bonds is 16. The second-order valence-corrected chi connectivity index (χ2v) is 14.6. The van der Waals surface area contributed by atoms with Crippen molar-refractivity contribution in [1.82, 2.24) is 39.2 Å². The minimum Gasteiger partial charge on any atom is -0.491 e. The lowest BCUT2D eigenvalue weighted by atomic mass is 10.1. The quantitative estimate of drug-likeness (QED) is 0.0688. The number of nitrogens with two attached hydrogens (primary N) is 1. The minimum absolute atomic E-state index is 0.0558. The summed E-state index contributed by atoms with van der Waals surface area (Å²) in [5, 5.41) is 22.0. The van der Waals surface area contributed by atoms with Gasteiger partial charge < -0.3 is 48.7 Å². The Kier molecular flexibility index (Phi) is 14.3. The SMILES string of the molecule is CCc1nc(C)oc1C(=O)Nc1nc2cc(C(=O)NCCOCCOCCO)cc3c2n1C/C=C/Cn1c(NC(=O)c2cc(C)nn2CC)nc2cc(C(N)=O)cc(c21)OCCCO3. The van der Waals surface area contributed by atoms with Crippen LogP contribution < -0.4 is 31.2 Å². The van der Waals surface area contributed by atoms with E-state index in [2.05, 4.69) is 26.0 Å². The highest BCUT2D eigenvalue weighted by atomic mass is 16.5. The molecule has 21 nitrogen and oxygen atoms in total. The summed E-state index contributed by atoms with van der Waals surface area (Å²) in [6.45, 7) is 9.44. The Bertz CT molecular complexity index is 2710. The third-order valence-corrected chi connectivity index (χ3v) is 10.1. The molecular formula is C43H51N11O10. The van der Waals surface area contributed by atoms with Gasteiger partial charge in [-0.3, -0.25) is 34.5 Å². The standard InChI is InChI=1S/C43H51N11O10/c1-5-29-37(64-26(4)46-29)41(59)50-43-48-31-22-28(39(57)45-10-16-60-18-19-61-17-13-55)24-34-36(31)53(43)12-8-7-11-52-35-30(21-27(38(44)56)23-33(35)62-14-9-15-63-34)47-42(52)49-40(58)32-20-25(3)51-54(32)6-2/h7-8,20-24,55H,5-6,9-19H2,1-4H3,(H2,44,56)(H,45,57)(H,47,49,58)(H,48,50,59)/b8-7+. The predicted molar refractivity (Wildman–Crippen MR) is 233 cm³/mol. The van der Waals surface area contributed by atoms with Crippen molar-refractivity contribution in [1.29, 1.82) is 0 Å². The van der Waals surface area contributed by atoms with E-state index in [-0.39, 0.29) is 81.5 Å². The van der Waals surface area contributed by atoms with E-state index in [0.717, 1.165) is 0 Å². The topological polar surface area (TPSA) is 267 Å². The van der Waals surface area contributed by atoms with E-state index in [9.17, 15) is 19.2 Å². The van der Waals surface area contributed by atoms with Gasteiger partial charge in [0, 0.05) is 50.7 Å². The Balaban J connectivity index is 1.25. The van der Waals surface area contributed by atoms with Crippen molar-refractivity contribution in [3.63, 3.8) is 0 Å². The number of aliphatic hydroxyl groups is 1. The van der Waals surface area contributed by atoms with Gasteiger partial charge in [-0.15, -0.1) is 0 Å². The number of oxazole rings is 1. The van der Waals surface area contributed by atoms with Gasteiger partial charge in [0.05, 0.1) is 68.7 Å². The van der Waals surface area contributed by atoms with Crippen LogP contribution in [-0.4, -0.2) is 115 Å². The number of aromatic nitrogens is 7. The third kappa shape index (κ3) is 10.1. The second-order valence-electron chi connectivity index (χ2n) is 14.6. The van der Waals surface area contributed by atoms with Crippen LogP contribution in [0.15, 0.2) is 46.9 Å². The predicted octanol–water partition coefficient (Wildman–Crippen LogP) is 3.55. The number of hydrogen-bond donors (Lipinski definition) is 5. The summed E-state index contributed by atoms with van der Waals surface area (Å²) in [7, 11) is 0. The van der Waals surface area contributed by atoms with Gasteiger partial charge in [-0.05, 0) is 50.6 Å². The van der Waals surface area contributed by atoms with E-state index in [1.807, 2.05) is 26.0 Å². The van der Waals surface area contributed by atoms with E-state index in [1.165, 1.54) is 0 Å². The number of carbonyl (C=O) groups excluding carboxylic acids is 4. The van der Waals surface area contributed by atoms with Crippen molar-refractivity contribution >= 4 is 57.6 Å². The van der Waals surface area contributed by atoms with Crippen LogP contribution in [0.25, 0.3) is 22.1 Å². The van der Waals surface area contributed by atoms with E-state index in [1.54, 1.807) is 58.0 Å². The fourth-order valence-corrected chi connectivity index (χ4v) is 7.19. The first kappa shape index (κ1) is 44.9. The summed E-state index contributed by atoms with van der Waals surface area (Å²) < 4.78 is 34.2. The lowest BCUT2D eigenvalue weighted by Crippen LogP contribution is -2.27. The zero-order valence-electron chi connectivity index (χ0n) is 36.1. The number of aryl methyl sites for hydroxylation is 4. The molecule has 6 aromatic rings. The molecule has 7 rings (SSSR count). The van der Waals surface area contributed by atoms with Gasteiger partial charge in [0.2, 0.25) is 23.6 Å². The molecule has 1 aliphatic rings. The molecule has 5 heterocycles. The molecule has 0 saturated heterocycles. The highest BCUT2D eigenvalue weighted by molar-refractivity contribution is 6.05. The molecule has 338 valence electrons. The highest BCUT2D eigenvalue weighted by Gasteiger charge is 2.25. The Morgan fingerprint density at radius 2 is 1.39 bits per heavy atom. The van der Waals surface area contributed by atoms with Crippen LogP contribution in [0.3, 0.4) is 0 Å². The zero-order valence-corrected chi connectivity index (χ0v) is 36.1. The first-order valence-corrected chi connectivity index (χ1v) is 21.0. The molecule has 6 N–H and O–H groups in total. The van der Waals surface area contributed by atoms with Crippen molar-refractivity contribution in [2.75, 3.05) is 63.4 Å². The molecule has 4 aromatic heterocycles. The molecule has 64 heavy (non-hydrogen) atoms. The minimum atomic E-state index is -0.685. The number of ether oxygens (including phenoxy) is 4. The number of allylic oxidation sites excluding steroid dienone is 2. The molecule has 0 fully saturated rings. The van der Waals surface area contributed by atoms with Crippen molar-refractivity contribution in [3.8, 4) is 11.5 Å². The summed E-state index contributed by atoms with van der Waals surface area (Å²) >= 11 is 0. The van der Waals surface area contributed by atoms with Crippen LogP contribution in [0.1, 0.15) is 79.3 Å². The number of carbonyl (C=O) groups is 4. The Morgan fingerprint density at radius 1 is 0.781 bits per heavy atom. The molecule has 0 radical (unpaired) electrons. The largest absolute Gasteiger partial charge is 0.491 e. The van der Waals surface area contributed by atoms with Gasteiger partial charge in [-0.1, -0.05) is 19.1 Å². The van der Waals surface area contributed by atoms with Gasteiger partial charge >= 0.3 is 0 Å². The van der Waals surface area contributed by atoms with Crippen LogP contribution in [0.2, 0.25) is 0 Å². The van der Waals surface area contributed by atoms with Crippen LogP contribution in [0.5, 0.6) is 11.5 Å².